The number of carboxylic acids is 1. The van der Waals surface area contributed by atoms with Crippen molar-refractivity contribution in [3.05, 3.63) is 24.3 Å². The fourth-order valence-corrected chi connectivity index (χ4v) is 5.25. The first-order chi connectivity index (χ1) is 15.6. The average molecular weight is 461 g/mol. The minimum atomic E-state index is -0.966. The van der Waals surface area contributed by atoms with Gasteiger partial charge in [-0.1, -0.05) is 52.0 Å². The number of rotatable bonds is 6. The summed E-state index contributed by atoms with van der Waals surface area (Å²) in [4.78, 5) is 48.8. The van der Waals surface area contributed by atoms with Crippen LogP contribution in [0, 0.1) is 35.5 Å². The fraction of sp³-hybridized carbons (Fsp3) is 0.667. The van der Waals surface area contributed by atoms with Crippen molar-refractivity contribution >= 4 is 23.7 Å². The molecule has 33 heavy (non-hydrogen) atoms. The second-order valence-corrected chi connectivity index (χ2v) is 10.2. The van der Waals surface area contributed by atoms with E-state index in [4.69, 9.17) is 14.6 Å². The van der Waals surface area contributed by atoms with E-state index < -0.39 is 23.9 Å². The SMILES string of the molecule is CC(C)CN1C(=O)C2C3C=CC(O3)C2C1=O.CC(C)CNC(=O)C1C2C=CC(O2)C1C(=O)O. The van der Waals surface area contributed by atoms with Gasteiger partial charge in [-0.05, 0) is 11.8 Å². The van der Waals surface area contributed by atoms with Crippen molar-refractivity contribution in [2.45, 2.75) is 52.1 Å². The number of carbonyl (C=O) groups excluding carboxylic acids is 3. The zero-order chi connectivity index (χ0) is 24.0. The van der Waals surface area contributed by atoms with Crippen molar-refractivity contribution in [1.82, 2.24) is 10.2 Å². The van der Waals surface area contributed by atoms with Gasteiger partial charge in [-0.25, -0.2) is 0 Å². The molecule has 2 N–H and O–H groups in total. The second-order valence-electron chi connectivity index (χ2n) is 10.2. The van der Waals surface area contributed by atoms with E-state index in [9.17, 15) is 19.2 Å². The van der Waals surface area contributed by atoms with Gasteiger partial charge in [-0.15, -0.1) is 0 Å². The van der Waals surface area contributed by atoms with Crippen LogP contribution in [0.2, 0.25) is 0 Å². The lowest BCUT2D eigenvalue weighted by Crippen LogP contribution is -2.43. The molecule has 0 radical (unpaired) electrons. The summed E-state index contributed by atoms with van der Waals surface area (Å²) in [6, 6.07) is 0. The lowest BCUT2D eigenvalue weighted by atomic mass is 9.82. The Hall–Kier alpha value is -2.52. The molecule has 8 atom stereocenters. The van der Waals surface area contributed by atoms with Crippen molar-refractivity contribution in [3.63, 3.8) is 0 Å². The van der Waals surface area contributed by atoms with E-state index in [0.717, 1.165) is 0 Å². The van der Waals surface area contributed by atoms with E-state index in [0.29, 0.717) is 24.9 Å². The number of hydrogen-bond donors (Lipinski definition) is 2. The second kappa shape index (κ2) is 9.02. The van der Waals surface area contributed by atoms with E-state index >= 15 is 0 Å². The Kier molecular flexibility index (Phi) is 6.46. The van der Waals surface area contributed by atoms with Gasteiger partial charge in [0.05, 0.1) is 42.2 Å². The number of likely N-dealkylation sites (tertiary alicyclic amines) is 1. The molecule has 9 heteroatoms. The summed E-state index contributed by atoms with van der Waals surface area (Å²) in [6.45, 7) is 9.10. The van der Waals surface area contributed by atoms with Gasteiger partial charge in [-0.2, -0.15) is 0 Å². The molecule has 3 amide bonds. The minimum Gasteiger partial charge on any atom is -0.481 e. The molecule has 3 saturated heterocycles. The van der Waals surface area contributed by atoms with Crippen LogP contribution in [0.3, 0.4) is 0 Å². The maximum atomic E-state index is 12.1. The van der Waals surface area contributed by atoms with Crippen LogP contribution in [0.1, 0.15) is 27.7 Å². The molecule has 0 aromatic rings. The Morgan fingerprint density at radius 1 is 0.879 bits per heavy atom. The molecular weight excluding hydrogens is 428 g/mol. The number of ether oxygens (including phenoxy) is 2. The molecular formula is C24H32N2O7. The molecule has 0 spiro atoms. The zero-order valence-electron chi connectivity index (χ0n) is 19.3. The topological polar surface area (TPSA) is 122 Å². The van der Waals surface area contributed by atoms with Gasteiger partial charge in [0.15, 0.2) is 0 Å². The largest absolute Gasteiger partial charge is 0.481 e. The molecule has 0 saturated carbocycles. The smallest absolute Gasteiger partial charge is 0.310 e. The van der Waals surface area contributed by atoms with E-state index in [1.54, 1.807) is 12.2 Å². The number of nitrogens with one attached hydrogen (secondary N) is 1. The number of nitrogens with zero attached hydrogens (tertiary/aromatic N) is 1. The Morgan fingerprint density at radius 3 is 1.85 bits per heavy atom. The Bertz CT molecular complexity index is 865. The van der Waals surface area contributed by atoms with Crippen molar-refractivity contribution in [1.29, 1.82) is 0 Å². The highest BCUT2D eigenvalue weighted by atomic mass is 16.5. The van der Waals surface area contributed by atoms with E-state index in [1.165, 1.54) is 4.90 Å². The maximum Gasteiger partial charge on any atom is 0.310 e. The standard InChI is InChI=1S/C12H17NO4.C12H15NO3/c1-6(2)5-13-11(14)9-7-3-4-8(17-7)10(9)12(15)16;1-6(2)5-13-11(14)9-7-3-4-8(16-7)10(9)12(13)15/h3-4,6-10H,5H2,1-2H3,(H,13,14)(H,15,16);3-4,6-10H,5H2,1-2H3. The van der Waals surface area contributed by atoms with Gasteiger partial charge < -0.3 is 19.9 Å². The van der Waals surface area contributed by atoms with Crippen LogP contribution in [0.25, 0.3) is 0 Å². The molecule has 5 heterocycles. The molecule has 5 aliphatic heterocycles. The third kappa shape index (κ3) is 4.24. The first-order valence-corrected chi connectivity index (χ1v) is 11.6. The summed E-state index contributed by atoms with van der Waals surface area (Å²) >= 11 is 0. The molecule has 9 nitrogen and oxygen atoms in total. The summed E-state index contributed by atoms with van der Waals surface area (Å²) in [5.74, 6) is -2.45. The van der Waals surface area contributed by atoms with Crippen LogP contribution in [0.5, 0.6) is 0 Å². The van der Waals surface area contributed by atoms with E-state index in [2.05, 4.69) is 5.32 Å². The summed E-state index contributed by atoms with van der Waals surface area (Å²) in [6.07, 6.45) is 6.18. The number of hydrogen-bond acceptors (Lipinski definition) is 6. The first kappa shape index (κ1) is 23.6. The molecule has 3 fully saturated rings. The van der Waals surface area contributed by atoms with E-state index in [1.807, 2.05) is 39.8 Å². The molecule has 180 valence electrons. The van der Waals surface area contributed by atoms with Crippen molar-refractivity contribution in [2.75, 3.05) is 13.1 Å². The van der Waals surface area contributed by atoms with E-state index in [-0.39, 0.29) is 47.9 Å². The number of fused-ring (bicyclic) bond motifs is 7. The third-order valence-electron chi connectivity index (χ3n) is 6.72. The van der Waals surface area contributed by atoms with Gasteiger partial charge in [0.1, 0.15) is 5.92 Å². The van der Waals surface area contributed by atoms with Crippen LogP contribution in [-0.4, -0.2) is 71.2 Å². The summed E-state index contributed by atoms with van der Waals surface area (Å²) in [5, 5.41) is 11.9. The van der Waals surface area contributed by atoms with Crippen LogP contribution in [0.4, 0.5) is 0 Å². The van der Waals surface area contributed by atoms with Crippen molar-refractivity contribution in [2.24, 2.45) is 35.5 Å². The van der Waals surface area contributed by atoms with Gasteiger partial charge in [0.2, 0.25) is 17.7 Å². The van der Waals surface area contributed by atoms with Gasteiger partial charge >= 0.3 is 5.97 Å². The third-order valence-corrected chi connectivity index (χ3v) is 6.72. The van der Waals surface area contributed by atoms with Crippen molar-refractivity contribution < 1.29 is 33.8 Å². The number of imide groups is 1. The van der Waals surface area contributed by atoms with Gasteiger partial charge in [0, 0.05) is 13.1 Å². The summed E-state index contributed by atoms with van der Waals surface area (Å²) in [7, 11) is 0. The number of amides is 3. The number of aliphatic carboxylic acids is 1. The predicted octanol–water partition coefficient (Wildman–Crippen LogP) is 0.994. The fourth-order valence-electron chi connectivity index (χ4n) is 5.25. The molecule has 4 bridgehead atoms. The van der Waals surface area contributed by atoms with Crippen LogP contribution < -0.4 is 5.32 Å². The molecule has 0 aliphatic carbocycles. The lowest BCUT2D eigenvalue weighted by Gasteiger charge is -2.21. The highest BCUT2D eigenvalue weighted by Crippen LogP contribution is 2.45. The summed E-state index contributed by atoms with van der Waals surface area (Å²) < 4.78 is 11.0. The molecule has 0 aromatic carbocycles. The lowest BCUT2D eigenvalue weighted by molar-refractivity contribution is -0.146. The Balaban J connectivity index is 0.000000157. The van der Waals surface area contributed by atoms with Crippen LogP contribution in [0.15, 0.2) is 24.3 Å². The monoisotopic (exact) mass is 460 g/mol. The highest BCUT2D eigenvalue weighted by molar-refractivity contribution is 6.06. The average Bonchev–Trinajstić information content (AvgIpc) is 3.56. The summed E-state index contributed by atoms with van der Waals surface area (Å²) in [5.41, 5.74) is 0. The minimum absolute atomic E-state index is 0.0412. The maximum absolute atomic E-state index is 12.1. The molecule has 5 rings (SSSR count). The Morgan fingerprint density at radius 2 is 1.36 bits per heavy atom. The normalized spacial score (nSPS) is 37.2. The highest BCUT2D eigenvalue weighted by Gasteiger charge is 2.60. The quantitative estimate of drug-likeness (QED) is 0.448. The Labute approximate surface area is 193 Å². The number of carbonyl (C=O) groups is 4. The molecule has 8 unspecified atom stereocenters. The number of carboxylic acid groups (broad SMARTS) is 1. The van der Waals surface area contributed by atoms with Gasteiger partial charge in [0.25, 0.3) is 0 Å². The van der Waals surface area contributed by atoms with Crippen LogP contribution in [-0.2, 0) is 28.7 Å². The zero-order valence-corrected chi connectivity index (χ0v) is 19.3. The first-order valence-electron chi connectivity index (χ1n) is 11.6. The van der Waals surface area contributed by atoms with Gasteiger partial charge in [-0.3, -0.25) is 24.1 Å². The van der Waals surface area contributed by atoms with Crippen molar-refractivity contribution in [3.8, 4) is 0 Å². The predicted molar refractivity (Wildman–Crippen MR) is 117 cm³/mol. The van der Waals surface area contributed by atoms with Crippen LogP contribution >= 0.6 is 0 Å². The molecule has 0 aromatic heterocycles. The molecule has 5 aliphatic rings.